The number of benzene rings is 1. The van der Waals surface area contributed by atoms with Crippen LogP contribution in [0.15, 0.2) is 12.1 Å². The highest BCUT2D eigenvalue weighted by Crippen LogP contribution is 2.13. The van der Waals surface area contributed by atoms with Crippen molar-refractivity contribution in [2.75, 3.05) is 45.4 Å². The van der Waals surface area contributed by atoms with E-state index in [-0.39, 0.29) is 79.4 Å². The van der Waals surface area contributed by atoms with Gasteiger partial charge < -0.3 is 28.1 Å². The van der Waals surface area contributed by atoms with Gasteiger partial charge in [-0.2, -0.15) is 0 Å². The number of hydrogen-bond donors (Lipinski definition) is 0. The van der Waals surface area contributed by atoms with Crippen molar-refractivity contribution < 1.29 is 44.9 Å². The van der Waals surface area contributed by atoms with Crippen LogP contribution < -0.4 is 19.9 Å². The van der Waals surface area contributed by atoms with Gasteiger partial charge in [-0.3, -0.25) is 0 Å². The third-order valence-corrected chi connectivity index (χ3v) is 7.60. The van der Waals surface area contributed by atoms with Crippen molar-refractivity contribution in [1.29, 1.82) is 10.5 Å². The van der Waals surface area contributed by atoms with Crippen molar-refractivity contribution in [2.24, 2.45) is 5.92 Å². The largest absolute Gasteiger partial charge is 0.748 e. The van der Waals surface area contributed by atoms with E-state index in [1.807, 2.05) is 0 Å². The molecule has 0 amide bonds. The lowest BCUT2D eigenvalue weighted by atomic mass is 10.1. The second-order valence-corrected chi connectivity index (χ2v) is 11.9. The van der Waals surface area contributed by atoms with Gasteiger partial charge in [0.15, 0.2) is 0 Å². The number of ether oxygens (including phenoxy) is 4. The number of hydrogen-bond acceptors (Lipinski definition) is 12. The predicted octanol–water partition coefficient (Wildman–Crippen LogP) is 0.475. The summed E-state index contributed by atoms with van der Waals surface area (Å²) in [5.74, 6) is -0.904. The van der Waals surface area contributed by atoms with Gasteiger partial charge in [0.1, 0.15) is 24.7 Å². The van der Waals surface area contributed by atoms with E-state index in [2.05, 4.69) is 9.69 Å². The highest BCUT2D eigenvalue weighted by molar-refractivity contribution is 7.86. The molecule has 0 saturated heterocycles. The molecule has 2 atom stereocenters. The fraction of sp³-hybridized carbons (Fsp3) is 0.520. The molecule has 222 valence electrons. The van der Waals surface area contributed by atoms with E-state index in [4.69, 9.17) is 32.1 Å². The molecule has 0 N–H and O–H groups in total. The molecule has 0 aliphatic carbocycles. The van der Waals surface area contributed by atoms with Gasteiger partial charge in [-0.1, -0.05) is 6.92 Å². The Kier molecular flexibility index (Phi) is 14.8. The minimum Gasteiger partial charge on any atom is -0.748 e. The quantitative estimate of drug-likeness (QED) is 0.134. The molecule has 14 nitrogen and oxygen atoms in total. The van der Waals surface area contributed by atoms with Gasteiger partial charge in [0.25, 0.3) is 11.4 Å². The fourth-order valence-corrected chi connectivity index (χ4v) is 4.44. The van der Waals surface area contributed by atoms with Crippen molar-refractivity contribution >= 4 is 31.6 Å². The molecule has 0 heterocycles. The van der Waals surface area contributed by atoms with Crippen LogP contribution in [0.5, 0.6) is 11.5 Å². The Morgan fingerprint density at radius 1 is 0.829 bits per heavy atom. The van der Waals surface area contributed by atoms with Crippen molar-refractivity contribution in [1.82, 2.24) is 0 Å². The minimum absolute atomic E-state index is 0.00559. The molecule has 1 aromatic rings. The smallest absolute Gasteiger partial charge is 0.272 e. The van der Waals surface area contributed by atoms with Crippen LogP contribution in [-0.2, 0) is 29.7 Å². The summed E-state index contributed by atoms with van der Waals surface area (Å²) in [4.78, 5) is 6.38. The van der Waals surface area contributed by atoms with Crippen LogP contribution in [-0.4, -0.2) is 76.6 Å². The topological polar surface area (TPSA) is 208 Å². The van der Waals surface area contributed by atoms with E-state index in [0.717, 1.165) is 0 Å². The van der Waals surface area contributed by atoms with E-state index in [9.17, 15) is 36.5 Å². The third-order valence-electron chi connectivity index (χ3n) is 5.40. The molecule has 16 heteroatoms. The zero-order valence-electron chi connectivity index (χ0n) is 22.4. The zero-order chi connectivity index (χ0) is 31.1. The molecule has 0 fully saturated rings. The molecule has 0 aliphatic heterocycles. The van der Waals surface area contributed by atoms with Crippen LogP contribution in [0.3, 0.4) is 0 Å². The van der Waals surface area contributed by atoms with Gasteiger partial charge in [-0.15, -0.1) is 0 Å². The Morgan fingerprint density at radius 3 is 1.63 bits per heavy atom. The van der Waals surface area contributed by atoms with Crippen LogP contribution in [0, 0.1) is 41.7 Å². The molecule has 0 aromatic heterocycles. The highest BCUT2D eigenvalue weighted by Gasteiger charge is 2.13. The molecule has 0 aliphatic rings. The molecule has 0 saturated carbocycles. The lowest BCUT2D eigenvalue weighted by molar-refractivity contribution is 0.0920. The van der Waals surface area contributed by atoms with E-state index >= 15 is 0 Å². The Bertz CT molecular complexity index is 1530. The Morgan fingerprint density at radius 2 is 1.27 bits per heavy atom. The van der Waals surface area contributed by atoms with Gasteiger partial charge in [0, 0.05) is 34.7 Å². The monoisotopic (exact) mass is 608 g/mol. The van der Waals surface area contributed by atoms with Crippen LogP contribution in [0.2, 0.25) is 0 Å². The maximum atomic E-state index is 11.0. The molecule has 1 rings (SSSR count). The van der Waals surface area contributed by atoms with Gasteiger partial charge in [-0.25, -0.2) is 37.0 Å². The molecule has 41 heavy (non-hydrogen) atoms. The van der Waals surface area contributed by atoms with Gasteiger partial charge in [-0.05, 0) is 37.8 Å². The summed E-state index contributed by atoms with van der Waals surface area (Å²) < 4.78 is 87.4. The Balaban J connectivity index is 3.06. The fourth-order valence-electron chi connectivity index (χ4n) is 3.19. The first-order valence-electron chi connectivity index (χ1n) is 12.0. The van der Waals surface area contributed by atoms with Crippen LogP contribution in [0.4, 0.5) is 0 Å². The van der Waals surface area contributed by atoms with Crippen molar-refractivity contribution in [3.63, 3.8) is 0 Å². The summed E-state index contributed by atoms with van der Waals surface area (Å²) >= 11 is 0. The average molecular weight is 609 g/mol. The van der Waals surface area contributed by atoms with Crippen LogP contribution in [0.25, 0.3) is 21.1 Å². The molecule has 2 unspecified atom stereocenters. The number of nitrogens with zero attached hydrogens (tertiary/aromatic N) is 4. The normalized spacial score (nSPS) is 14.3. The van der Waals surface area contributed by atoms with Crippen LogP contribution >= 0.6 is 0 Å². The predicted molar refractivity (Wildman–Crippen MR) is 142 cm³/mol. The van der Waals surface area contributed by atoms with E-state index in [1.54, 1.807) is 19.1 Å². The molecular weight excluding hydrogens is 580 g/mol. The number of rotatable bonds is 17. The molecule has 0 radical (unpaired) electrons. The lowest BCUT2D eigenvalue weighted by Gasteiger charge is -2.16. The molecule has 1 aromatic carbocycles. The molecular formula is C25H28N4O10S2-2. The number of nitriles is 2. The van der Waals surface area contributed by atoms with Gasteiger partial charge >= 0.3 is 0 Å². The van der Waals surface area contributed by atoms with Crippen molar-refractivity contribution in [3.8, 4) is 23.6 Å². The van der Waals surface area contributed by atoms with E-state index in [1.165, 1.54) is 19.1 Å². The van der Waals surface area contributed by atoms with E-state index in [0.29, 0.717) is 6.42 Å². The maximum absolute atomic E-state index is 11.0. The first kappa shape index (κ1) is 35.3. The summed E-state index contributed by atoms with van der Waals surface area (Å²) in [6.07, 6.45) is 0.298. The minimum atomic E-state index is -4.43. The van der Waals surface area contributed by atoms with Crippen LogP contribution in [0.1, 0.15) is 26.7 Å². The van der Waals surface area contributed by atoms with Crippen molar-refractivity contribution in [2.45, 2.75) is 31.9 Å². The van der Waals surface area contributed by atoms with Gasteiger partial charge in [0.05, 0.1) is 58.7 Å². The summed E-state index contributed by atoms with van der Waals surface area (Å²) in [5.41, 5.74) is -0.706. The maximum Gasteiger partial charge on any atom is 0.272 e. The molecule has 0 spiro atoms. The lowest BCUT2D eigenvalue weighted by Crippen LogP contribution is -2.23. The highest BCUT2D eigenvalue weighted by atomic mass is 32.2. The second-order valence-electron chi connectivity index (χ2n) is 8.62. The second kappa shape index (κ2) is 17.2. The summed E-state index contributed by atoms with van der Waals surface area (Å²) in [7, 11) is -8.77. The van der Waals surface area contributed by atoms with Gasteiger partial charge in [0.2, 0.25) is 0 Å². The third kappa shape index (κ3) is 13.0. The first-order valence-corrected chi connectivity index (χ1v) is 15.1. The SMILES string of the molecule is [C-]#[N+]/C(C#N)=c1/cc(OCCOCCC(C)CS(=O)(=O)[O-])/c(=C(\C#N)[N+]#[C-])cc1OCCOCCC(C)S(=O)(=O)[O-]. The Labute approximate surface area is 239 Å². The summed E-state index contributed by atoms with van der Waals surface area (Å²) in [6.45, 7) is 17.5. The Hall–Kier alpha value is -3.74. The standard InChI is InChI=1S/C25H30N4O10S2/c1-18(17-40(30,31)32)5-7-36-9-11-38-24-13-21(23(16-27)29-4)25(14-20(24)22(15-26)28-3)39-12-10-37-8-6-19(2)41(33,34)35/h13-14,18-19H,5-12,17H2,1-2H3,(H,30,31,32)(H,33,34,35)/p-2/b22-20+,23-21-. The summed E-state index contributed by atoms with van der Waals surface area (Å²) in [6, 6.07) is 6.06. The zero-order valence-corrected chi connectivity index (χ0v) is 24.0. The first-order chi connectivity index (χ1) is 19.3. The van der Waals surface area contributed by atoms with Crippen molar-refractivity contribution in [3.05, 3.63) is 45.4 Å². The molecule has 0 bridgehead atoms. The summed E-state index contributed by atoms with van der Waals surface area (Å²) in [5, 5.41) is 17.8. The van der Waals surface area contributed by atoms with E-state index < -0.39 is 37.2 Å². The average Bonchev–Trinajstić information content (AvgIpc) is 2.89.